The van der Waals surface area contributed by atoms with Gasteiger partial charge in [-0.2, -0.15) is 5.26 Å². The van der Waals surface area contributed by atoms with E-state index < -0.39 is 10.0 Å². The molecule has 0 aliphatic heterocycles. The lowest BCUT2D eigenvalue weighted by Gasteiger charge is -2.08. The first-order valence-electron chi connectivity index (χ1n) is 6.30. The van der Waals surface area contributed by atoms with Crippen molar-refractivity contribution < 1.29 is 8.42 Å². The van der Waals surface area contributed by atoms with Crippen molar-refractivity contribution >= 4 is 10.0 Å². The molecule has 1 aromatic carbocycles. The predicted molar refractivity (Wildman–Crippen MR) is 72.9 cm³/mol. The normalized spacial score (nSPS) is 15.0. The number of nitriles is 1. The summed E-state index contributed by atoms with van der Waals surface area (Å²) < 4.78 is 26.8. The highest BCUT2D eigenvalue weighted by Crippen LogP contribution is 2.20. The lowest BCUT2D eigenvalue weighted by molar-refractivity contribution is 0.581. The molecule has 5 heteroatoms. The number of nitrogens with one attached hydrogen (secondary N) is 1. The third kappa shape index (κ3) is 3.43. The summed E-state index contributed by atoms with van der Waals surface area (Å²) >= 11 is 0. The van der Waals surface area contributed by atoms with Gasteiger partial charge in [0.1, 0.15) is 6.07 Å². The molecule has 4 nitrogen and oxygen atoms in total. The van der Waals surface area contributed by atoms with E-state index in [2.05, 4.69) is 10.8 Å². The number of sulfonamides is 1. The highest BCUT2D eigenvalue weighted by Gasteiger charge is 2.17. The van der Waals surface area contributed by atoms with Crippen LogP contribution in [-0.2, 0) is 10.0 Å². The van der Waals surface area contributed by atoms with Gasteiger partial charge in [-0.05, 0) is 37.8 Å². The highest BCUT2D eigenvalue weighted by molar-refractivity contribution is 7.89. The van der Waals surface area contributed by atoms with E-state index in [-0.39, 0.29) is 10.5 Å². The summed E-state index contributed by atoms with van der Waals surface area (Å²) in [5.41, 5.74) is 1.49. The molecule has 0 radical (unpaired) electrons. The van der Waals surface area contributed by atoms with Gasteiger partial charge in [0.2, 0.25) is 10.0 Å². The van der Waals surface area contributed by atoms with E-state index >= 15 is 0 Å². The van der Waals surface area contributed by atoms with Crippen LogP contribution in [0.3, 0.4) is 0 Å². The molecule has 0 fully saturated rings. The lowest BCUT2D eigenvalue weighted by Crippen LogP contribution is -2.25. The Morgan fingerprint density at radius 3 is 2.79 bits per heavy atom. The molecule has 0 amide bonds. The summed E-state index contributed by atoms with van der Waals surface area (Å²) in [6.45, 7) is 0.383. The first kappa shape index (κ1) is 13.8. The Morgan fingerprint density at radius 2 is 2.11 bits per heavy atom. The SMILES string of the molecule is N#Cc1ccccc1S(=O)(=O)NCCC1=CCCC1. The standard InChI is InChI=1S/C14H16N2O2S/c15-11-13-7-3-4-8-14(13)19(17,18)16-10-9-12-5-1-2-6-12/h3-5,7-8,16H,1-2,6,9-10H2. The second kappa shape index (κ2) is 6.00. The molecule has 2 rings (SSSR count). The van der Waals surface area contributed by atoms with Crippen LogP contribution in [-0.4, -0.2) is 15.0 Å². The van der Waals surface area contributed by atoms with Crippen LogP contribution in [0.25, 0.3) is 0 Å². The van der Waals surface area contributed by atoms with Crippen molar-refractivity contribution in [3.8, 4) is 6.07 Å². The van der Waals surface area contributed by atoms with Crippen molar-refractivity contribution in [2.24, 2.45) is 0 Å². The Hall–Kier alpha value is -1.64. The molecule has 0 atom stereocenters. The second-order valence-electron chi connectivity index (χ2n) is 4.51. The third-order valence-electron chi connectivity index (χ3n) is 3.17. The molecule has 0 bridgehead atoms. The van der Waals surface area contributed by atoms with Crippen LogP contribution in [0.1, 0.15) is 31.2 Å². The van der Waals surface area contributed by atoms with Gasteiger partial charge in [0.15, 0.2) is 0 Å². The fourth-order valence-corrected chi connectivity index (χ4v) is 3.37. The van der Waals surface area contributed by atoms with Gasteiger partial charge in [-0.3, -0.25) is 0 Å². The molecule has 0 aromatic heterocycles. The first-order valence-corrected chi connectivity index (χ1v) is 7.78. The van der Waals surface area contributed by atoms with Crippen LogP contribution >= 0.6 is 0 Å². The third-order valence-corrected chi connectivity index (χ3v) is 4.69. The van der Waals surface area contributed by atoms with E-state index in [0.29, 0.717) is 6.54 Å². The minimum absolute atomic E-state index is 0.0536. The quantitative estimate of drug-likeness (QED) is 0.839. The average molecular weight is 276 g/mol. The summed E-state index contributed by atoms with van der Waals surface area (Å²) in [5, 5.41) is 8.93. The predicted octanol–water partition coefficient (Wildman–Crippen LogP) is 2.34. The summed E-state index contributed by atoms with van der Waals surface area (Å²) in [7, 11) is -3.59. The Bertz CT molecular complexity index is 627. The maximum Gasteiger partial charge on any atom is 0.241 e. The number of nitrogens with zero attached hydrogens (tertiary/aromatic N) is 1. The molecule has 0 heterocycles. The molecular formula is C14H16N2O2S. The molecule has 100 valence electrons. The molecule has 19 heavy (non-hydrogen) atoms. The van der Waals surface area contributed by atoms with Crippen LogP contribution in [0.4, 0.5) is 0 Å². The largest absolute Gasteiger partial charge is 0.241 e. The Balaban J connectivity index is 2.04. The lowest BCUT2D eigenvalue weighted by atomic mass is 10.2. The minimum Gasteiger partial charge on any atom is -0.211 e. The van der Waals surface area contributed by atoms with Gasteiger partial charge in [-0.25, -0.2) is 13.1 Å². The van der Waals surface area contributed by atoms with Crippen molar-refractivity contribution in [1.82, 2.24) is 4.72 Å². The van der Waals surface area contributed by atoms with Crippen molar-refractivity contribution in [2.45, 2.75) is 30.6 Å². The van der Waals surface area contributed by atoms with Gasteiger partial charge in [0, 0.05) is 6.54 Å². The summed E-state index contributed by atoms with van der Waals surface area (Å²) in [5.74, 6) is 0. The van der Waals surface area contributed by atoms with Crippen LogP contribution in [0.5, 0.6) is 0 Å². The molecule has 1 N–H and O–H groups in total. The zero-order valence-electron chi connectivity index (χ0n) is 10.6. The molecule has 1 aliphatic carbocycles. The number of allylic oxidation sites excluding steroid dienone is 1. The monoisotopic (exact) mass is 276 g/mol. The zero-order chi connectivity index (χ0) is 13.7. The van der Waals surface area contributed by atoms with E-state index in [1.165, 1.54) is 24.1 Å². The summed E-state index contributed by atoms with van der Waals surface area (Å²) in [6, 6.07) is 8.14. The first-order chi connectivity index (χ1) is 9.13. The van der Waals surface area contributed by atoms with Gasteiger partial charge in [0.05, 0.1) is 10.5 Å². The highest BCUT2D eigenvalue weighted by atomic mass is 32.2. The summed E-state index contributed by atoms with van der Waals surface area (Å²) in [6.07, 6.45) is 6.25. The smallest absolute Gasteiger partial charge is 0.211 e. The maximum absolute atomic E-state index is 12.1. The number of hydrogen-bond acceptors (Lipinski definition) is 3. The molecule has 0 spiro atoms. The zero-order valence-corrected chi connectivity index (χ0v) is 11.4. The number of hydrogen-bond donors (Lipinski definition) is 1. The number of rotatable bonds is 5. The van der Waals surface area contributed by atoms with E-state index in [4.69, 9.17) is 5.26 Å². The van der Waals surface area contributed by atoms with E-state index in [0.717, 1.165) is 19.3 Å². The van der Waals surface area contributed by atoms with Crippen molar-refractivity contribution in [3.05, 3.63) is 41.5 Å². The Kier molecular flexibility index (Phi) is 4.35. The fraction of sp³-hybridized carbons (Fsp3) is 0.357. The fourth-order valence-electron chi connectivity index (χ4n) is 2.18. The minimum atomic E-state index is -3.59. The van der Waals surface area contributed by atoms with Crippen molar-refractivity contribution in [1.29, 1.82) is 5.26 Å². The molecule has 0 saturated heterocycles. The van der Waals surface area contributed by atoms with E-state index in [9.17, 15) is 8.42 Å². The van der Waals surface area contributed by atoms with Gasteiger partial charge < -0.3 is 0 Å². The van der Waals surface area contributed by atoms with Gasteiger partial charge in [0.25, 0.3) is 0 Å². The molecule has 1 aliphatic rings. The number of benzene rings is 1. The van der Waals surface area contributed by atoms with Crippen molar-refractivity contribution in [2.75, 3.05) is 6.54 Å². The van der Waals surface area contributed by atoms with Gasteiger partial charge in [-0.1, -0.05) is 23.8 Å². The second-order valence-corrected chi connectivity index (χ2v) is 6.25. The van der Waals surface area contributed by atoms with E-state index in [1.54, 1.807) is 12.1 Å². The molecular weight excluding hydrogens is 260 g/mol. The molecule has 0 saturated carbocycles. The maximum atomic E-state index is 12.1. The van der Waals surface area contributed by atoms with Crippen LogP contribution in [0.15, 0.2) is 40.8 Å². The van der Waals surface area contributed by atoms with Crippen LogP contribution in [0.2, 0.25) is 0 Å². The van der Waals surface area contributed by atoms with Crippen molar-refractivity contribution in [3.63, 3.8) is 0 Å². The topological polar surface area (TPSA) is 70.0 Å². The van der Waals surface area contributed by atoms with Crippen LogP contribution in [0, 0.1) is 11.3 Å². The summed E-state index contributed by atoms with van der Waals surface area (Å²) in [4.78, 5) is 0.0536. The molecule has 0 unspecified atom stereocenters. The Morgan fingerprint density at radius 1 is 1.32 bits per heavy atom. The van der Waals surface area contributed by atoms with Gasteiger partial charge >= 0.3 is 0 Å². The van der Waals surface area contributed by atoms with Gasteiger partial charge in [-0.15, -0.1) is 0 Å². The molecule has 1 aromatic rings. The average Bonchev–Trinajstić information content (AvgIpc) is 2.91. The Labute approximate surface area is 113 Å². The van der Waals surface area contributed by atoms with Crippen LogP contribution < -0.4 is 4.72 Å². The van der Waals surface area contributed by atoms with E-state index in [1.807, 2.05) is 6.07 Å².